The molecule has 0 aliphatic rings. The SMILES string of the molecule is CCCc1n[nH]c(=S)n1/N=C\c1ccc(OC)c(O)c1Cl. The maximum atomic E-state index is 9.86. The highest BCUT2D eigenvalue weighted by molar-refractivity contribution is 7.71. The van der Waals surface area contributed by atoms with Crippen LogP contribution in [0.1, 0.15) is 24.7 Å². The Hall–Kier alpha value is -1.86. The zero-order chi connectivity index (χ0) is 15.4. The van der Waals surface area contributed by atoms with Gasteiger partial charge < -0.3 is 9.84 Å². The van der Waals surface area contributed by atoms with Crippen LogP contribution < -0.4 is 4.74 Å². The number of hydrogen-bond acceptors (Lipinski definition) is 5. The van der Waals surface area contributed by atoms with Crippen molar-refractivity contribution < 1.29 is 9.84 Å². The summed E-state index contributed by atoms with van der Waals surface area (Å²) in [5.41, 5.74) is 0.556. The number of aromatic nitrogens is 3. The molecule has 2 N–H and O–H groups in total. The molecule has 0 saturated heterocycles. The minimum atomic E-state index is -0.118. The van der Waals surface area contributed by atoms with Gasteiger partial charge in [-0.1, -0.05) is 18.5 Å². The second-order valence-electron chi connectivity index (χ2n) is 4.27. The molecule has 21 heavy (non-hydrogen) atoms. The summed E-state index contributed by atoms with van der Waals surface area (Å²) in [7, 11) is 1.46. The molecule has 0 bridgehead atoms. The number of benzene rings is 1. The molecule has 0 radical (unpaired) electrons. The summed E-state index contributed by atoms with van der Waals surface area (Å²) < 4.78 is 6.93. The molecule has 0 amide bonds. The summed E-state index contributed by atoms with van der Waals surface area (Å²) in [6.45, 7) is 2.05. The van der Waals surface area contributed by atoms with Crippen LogP contribution in [0.25, 0.3) is 0 Å². The highest BCUT2D eigenvalue weighted by Crippen LogP contribution is 2.35. The molecule has 0 aliphatic heterocycles. The number of ether oxygens (including phenoxy) is 1. The van der Waals surface area contributed by atoms with Gasteiger partial charge in [-0.05, 0) is 30.8 Å². The van der Waals surface area contributed by atoms with Crippen LogP contribution in [-0.2, 0) is 6.42 Å². The van der Waals surface area contributed by atoms with E-state index in [9.17, 15) is 5.11 Å². The Morgan fingerprint density at radius 1 is 1.57 bits per heavy atom. The van der Waals surface area contributed by atoms with Crippen LogP contribution in [0.2, 0.25) is 5.02 Å². The maximum absolute atomic E-state index is 9.86. The van der Waals surface area contributed by atoms with E-state index >= 15 is 0 Å². The molecule has 112 valence electrons. The van der Waals surface area contributed by atoms with Gasteiger partial charge in [0.25, 0.3) is 0 Å². The van der Waals surface area contributed by atoms with Crippen molar-refractivity contribution >= 4 is 30.0 Å². The number of nitrogens with zero attached hydrogens (tertiary/aromatic N) is 3. The fourth-order valence-electron chi connectivity index (χ4n) is 1.78. The lowest BCUT2D eigenvalue weighted by molar-refractivity contribution is 0.373. The van der Waals surface area contributed by atoms with Gasteiger partial charge in [-0.3, -0.25) is 5.10 Å². The molecule has 8 heteroatoms. The van der Waals surface area contributed by atoms with E-state index in [0.717, 1.165) is 18.7 Å². The first-order valence-electron chi connectivity index (χ1n) is 6.34. The van der Waals surface area contributed by atoms with Crippen molar-refractivity contribution in [3.05, 3.63) is 33.3 Å². The van der Waals surface area contributed by atoms with Gasteiger partial charge in [0.05, 0.1) is 18.3 Å². The molecule has 2 rings (SSSR count). The van der Waals surface area contributed by atoms with Crippen molar-refractivity contribution in [3.63, 3.8) is 0 Å². The van der Waals surface area contributed by atoms with E-state index in [1.807, 2.05) is 6.92 Å². The molecule has 6 nitrogen and oxygen atoms in total. The van der Waals surface area contributed by atoms with Gasteiger partial charge in [0, 0.05) is 12.0 Å². The molecule has 1 heterocycles. The van der Waals surface area contributed by atoms with E-state index in [4.69, 9.17) is 28.6 Å². The minimum Gasteiger partial charge on any atom is -0.503 e. The summed E-state index contributed by atoms with van der Waals surface area (Å²) in [6, 6.07) is 3.32. The fourth-order valence-corrected chi connectivity index (χ4v) is 2.18. The lowest BCUT2D eigenvalue weighted by Crippen LogP contribution is -1.99. The van der Waals surface area contributed by atoms with Crippen LogP contribution >= 0.6 is 23.8 Å². The van der Waals surface area contributed by atoms with E-state index in [1.165, 1.54) is 18.0 Å². The molecule has 0 aliphatic carbocycles. The fraction of sp³-hybridized carbons (Fsp3) is 0.308. The highest BCUT2D eigenvalue weighted by Gasteiger charge is 2.10. The van der Waals surface area contributed by atoms with Gasteiger partial charge in [0.2, 0.25) is 4.77 Å². The van der Waals surface area contributed by atoms with Crippen LogP contribution in [0.4, 0.5) is 0 Å². The number of nitrogens with one attached hydrogen (secondary N) is 1. The smallest absolute Gasteiger partial charge is 0.216 e. The van der Waals surface area contributed by atoms with E-state index in [0.29, 0.717) is 16.1 Å². The summed E-state index contributed by atoms with van der Waals surface area (Å²) in [4.78, 5) is 0. The first-order valence-corrected chi connectivity index (χ1v) is 7.13. The lowest BCUT2D eigenvalue weighted by Gasteiger charge is -2.06. The van der Waals surface area contributed by atoms with Crippen molar-refractivity contribution in [2.45, 2.75) is 19.8 Å². The first kappa shape index (κ1) is 15.5. The highest BCUT2D eigenvalue weighted by atomic mass is 35.5. The monoisotopic (exact) mass is 326 g/mol. The molecule has 2 aromatic rings. The summed E-state index contributed by atoms with van der Waals surface area (Å²) in [6.07, 6.45) is 3.21. The third-order valence-corrected chi connectivity index (χ3v) is 3.49. The van der Waals surface area contributed by atoms with Crippen molar-refractivity contribution in [2.24, 2.45) is 5.10 Å². The number of aromatic amines is 1. The zero-order valence-corrected chi connectivity index (χ0v) is 13.2. The largest absolute Gasteiger partial charge is 0.503 e. The van der Waals surface area contributed by atoms with Crippen LogP contribution in [0.15, 0.2) is 17.2 Å². The maximum Gasteiger partial charge on any atom is 0.216 e. The zero-order valence-electron chi connectivity index (χ0n) is 11.6. The van der Waals surface area contributed by atoms with Crippen LogP contribution in [0.3, 0.4) is 0 Å². The van der Waals surface area contributed by atoms with E-state index in [2.05, 4.69) is 15.3 Å². The number of hydrogen-bond donors (Lipinski definition) is 2. The minimum absolute atomic E-state index is 0.118. The Morgan fingerprint density at radius 2 is 2.33 bits per heavy atom. The predicted molar refractivity (Wildman–Crippen MR) is 84.1 cm³/mol. The van der Waals surface area contributed by atoms with E-state index < -0.39 is 0 Å². The summed E-state index contributed by atoms with van der Waals surface area (Å²) in [5.74, 6) is 0.934. The molecule has 1 aromatic heterocycles. The van der Waals surface area contributed by atoms with Gasteiger partial charge in [-0.2, -0.15) is 14.9 Å². The average Bonchev–Trinajstić information content (AvgIpc) is 2.82. The van der Waals surface area contributed by atoms with Gasteiger partial charge in [-0.15, -0.1) is 0 Å². The summed E-state index contributed by atoms with van der Waals surface area (Å²) in [5, 5.41) is 21.1. The number of aryl methyl sites for hydroxylation is 1. The van der Waals surface area contributed by atoms with Crippen molar-refractivity contribution in [1.29, 1.82) is 0 Å². The molecular weight excluding hydrogens is 312 g/mol. The molecule has 0 unspecified atom stereocenters. The predicted octanol–water partition coefficient (Wildman–Crippen LogP) is 3.14. The van der Waals surface area contributed by atoms with Gasteiger partial charge in [0.15, 0.2) is 17.3 Å². The lowest BCUT2D eigenvalue weighted by atomic mass is 10.2. The average molecular weight is 327 g/mol. The van der Waals surface area contributed by atoms with E-state index in [-0.39, 0.29) is 10.8 Å². The topological polar surface area (TPSA) is 75.4 Å². The first-order chi connectivity index (χ1) is 10.1. The van der Waals surface area contributed by atoms with Crippen molar-refractivity contribution in [3.8, 4) is 11.5 Å². The standard InChI is InChI=1S/C13H15ClN4O2S/c1-3-4-10-16-17-13(21)18(10)15-7-8-5-6-9(20-2)12(19)11(8)14/h5-7,19H,3-4H2,1-2H3,(H,17,21)/b15-7-. The number of phenolic OH excluding ortho intramolecular Hbond substituents is 1. The van der Waals surface area contributed by atoms with Crippen LogP contribution in [0.5, 0.6) is 11.5 Å². The Labute approximate surface area is 132 Å². The third kappa shape index (κ3) is 3.25. The molecule has 0 fully saturated rings. The molecular formula is C13H15ClN4O2S. The molecule has 0 saturated carbocycles. The van der Waals surface area contributed by atoms with Gasteiger partial charge in [0.1, 0.15) is 0 Å². The number of phenols is 1. The Bertz CT molecular complexity index is 723. The second kappa shape index (κ2) is 6.73. The third-order valence-electron chi connectivity index (χ3n) is 2.83. The second-order valence-corrected chi connectivity index (χ2v) is 5.04. The van der Waals surface area contributed by atoms with Crippen LogP contribution in [0, 0.1) is 4.77 Å². The van der Waals surface area contributed by atoms with Crippen molar-refractivity contribution in [2.75, 3.05) is 7.11 Å². The number of H-pyrrole nitrogens is 1. The number of methoxy groups -OCH3 is 1. The quantitative estimate of drug-likeness (QED) is 0.653. The number of rotatable bonds is 5. The Morgan fingerprint density at radius 3 is 3.00 bits per heavy atom. The summed E-state index contributed by atoms with van der Waals surface area (Å²) >= 11 is 11.2. The molecule has 0 spiro atoms. The van der Waals surface area contributed by atoms with Crippen molar-refractivity contribution in [1.82, 2.24) is 14.9 Å². The number of aromatic hydroxyl groups is 1. The normalized spacial score (nSPS) is 11.2. The number of halogens is 1. The van der Waals surface area contributed by atoms with Gasteiger partial charge in [-0.25, -0.2) is 0 Å². The molecule has 0 atom stereocenters. The van der Waals surface area contributed by atoms with Gasteiger partial charge >= 0.3 is 0 Å². The van der Waals surface area contributed by atoms with Crippen LogP contribution in [-0.4, -0.2) is 33.3 Å². The molecule has 1 aromatic carbocycles. The Balaban J connectivity index is 2.36. The Kier molecular flexibility index (Phi) is 4.98. The van der Waals surface area contributed by atoms with E-state index in [1.54, 1.807) is 12.1 Å².